The number of nitrogens with one attached hydrogen (secondary N) is 3. The molecule has 1 aliphatic carbocycles. The summed E-state index contributed by atoms with van der Waals surface area (Å²) in [6, 6.07) is 2.65. The topological polar surface area (TPSA) is 133 Å². The lowest BCUT2D eigenvalue weighted by Gasteiger charge is -2.16. The second kappa shape index (κ2) is 9.80. The first-order valence-corrected chi connectivity index (χ1v) is 9.24. The van der Waals surface area contributed by atoms with E-state index in [-0.39, 0.29) is 29.8 Å². The zero-order valence-corrected chi connectivity index (χ0v) is 15.8. The first-order valence-electron chi connectivity index (χ1n) is 9.24. The van der Waals surface area contributed by atoms with Gasteiger partial charge in [0.1, 0.15) is 12.4 Å². The third kappa shape index (κ3) is 5.74. The third-order valence-corrected chi connectivity index (χ3v) is 4.31. The van der Waals surface area contributed by atoms with Crippen LogP contribution in [0.3, 0.4) is 0 Å². The van der Waals surface area contributed by atoms with Crippen molar-refractivity contribution in [3.05, 3.63) is 30.4 Å². The van der Waals surface area contributed by atoms with Crippen LogP contribution in [0.25, 0.3) is 11.3 Å². The molecule has 1 fully saturated rings. The molecule has 156 valence electrons. The number of carbonyl (C=O) groups is 2. The Morgan fingerprint density at radius 2 is 2.03 bits per heavy atom. The van der Waals surface area contributed by atoms with Crippen LogP contribution in [-0.2, 0) is 9.59 Å². The highest BCUT2D eigenvalue weighted by molar-refractivity contribution is 5.93. The van der Waals surface area contributed by atoms with Gasteiger partial charge in [0.25, 0.3) is 6.43 Å². The second-order valence-corrected chi connectivity index (χ2v) is 6.72. The molecule has 0 saturated heterocycles. The molecular weight excluding hydrogens is 396 g/mol. The number of amides is 1. The summed E-state index contributed by atoms with van der Waals surface area (Å²) in [5.74, 6) is 0.300. The Hall–Kier alpha value is -3.52. The van der Waals surface area contributed by atoms with Gasteiger partial charge in [-0.3, -0.25) is 9.78 Å². The number of aromatic nitrogens is 3. The van der Waals surface area contributed by atoms with Crippen LogP contribution in [0.1, 0.15) is 18.5 Å². The number of anilines is 2. The third-order valence-electron chi connectivity index (χ3n) is 4.31. The normalized spacial score (nSPS) is 14.1. The van der Waals surface area contributed by atoms with Gasteiger partial charge in [-0.05, 0) is 18.9 Å². The summed E-state index contributed by atoms with van der Waals surface area (Å²) >= 11 is 0. The molecular formula is C19H19F2N7O2. The average molecular weight is 415 g/mol. The SMILES string of the molecule is N#Cc1ncc(-c2cnc(NC(=O)C3CC3)cn2)cc1N[C@H](C=O)CNCC(F)F. The van der Waals surface area contributed by atoms with Gasteiger partial charge in [0.05, 0.1) is 36.4 Å². The molecule has 0 aromatic carbocycles. The van der Waals surface area contributed by atoms with Crippen molar-refractivity contribution < 1.29 is 18.4 Å². The Morgan fingerprint density at radius 3 is 2.63 bits per heavy atom. The Morgan fingerprint density at radius 1 is 1.23 bits per heavy atom. The van der Waals surface area contributed by atoms with Crippen LogP contribution in [0, 0.1) is 17.2 Å². The molecule has 1 aliphatic rings. The summed E-state index contributed by atoms with van der Waals surface area (Å²) in [6.45, 7) is -0.591. The van der Waals surface area contributed by atoms with E-state index in [2.05, 4.69) is 30.9 Å². The van der Waals surface area contributed by atoms with Gasteiger partial charge < -0.3 is 20.7 Å². The van der Waals surface area contributed by atoms with Gasteiger partial charge in [-0.2, -0.15) is 5.26 Å². The number of carbonyl (C=O) groups excluding carboxylic acids is 2. The first kappa shape index (κ1) is 21.2. The quantitative estimate of drug-likeness (QED) is 0.499. The molecule has 1 atom stereocenters. The highest BCUT2D eigenvalue weighted by atomic mass is 19.3. The molecule has 2 aromatic heterocycles. The van der Waals surface area contributed by atoms with Crippen LogP contribution >= 0.6 is 0 Å². The standard InChI is InChI=1S/C19H19F2N7O2/c20-17(21)8-23-6-13(10-29)27-14-3-12(5-24-15(14)4-22)16-7-26-18(9-25-16)28-19(30)11-1-2-11/h3,5,7,9-11,13,17,23,27H,1-2,6,8H2,(H,26,28,30)/t13-/m0/s1. The maximum Gasteiger partial charge on any atom is 0.250 e. The predicted molar refractivity (Wildman–Crippen MR) is 104 cm³/mol. The molecule has 2 heterocycles. The molecule has 0 unspecified atom stereocenters. The van der Waals surface area contributed by atoms with Gasteiger partial charge in [-0.25, -0.2) is 18.7 Å². The van der Waals surface area contributed by atoms with E-state index in [4.69, 9.17) is 0 Å². The minimum absolute atomic E-state index is 0.0423. The van der Waals surface area contributed by atoms with E-state index < -0.39 is 19.0 Å². The molecule has 1 amide bonds. The molecule has 9 nitrogen and oxygen atoms in total. The van der Waals surface area contributed by atoms with Crippen LogP contribution in [-0.4, -0.2) is 52.7 Å². The lowest BCUT2D eigenvalue weighted by molar-refractivity contribution is -0.117. The fraction of sp³-hybridized carbons (Fsp3) is 0.368. The largest absolute Gasteiger partial charge is 0.372 e. The lowest BCUT2D eigenvalue weighted by atomic mass is 10.1. The number of alkyl halides is 2. The summed E-state index contributed by atoms with van der Waals surface area (Å²) in [6.07, 6.45) is 4.09. The van der Waals surface area contributed by atoms with Gasteiger partial charge in [0, 0.05) is 24.2 Å². The van der Waals surface area contributed by atoms with Crippen molar-refractivity contribution in [2.45, 2.75) is 25.3 Å². The Kier molecular flexibility index (Phi) is 6.92. The number of halogens is 2. The van der Waals surface area contributed by atoms with E-state index in [1.807, 2.05) is 6.07 Å². The Labute approximate surface area is 170 Å². The highest BCUT2D eigenvalue weighted by Crippen LogP contribution is 2.30. The van der Waals surface area contributed by atoms with E-state index >= 15 is 0 Å². The average Bonchev–Trinajstić information content (AvgIpc) is 3.59. The van der Waals surface area contributed by atoms with Crippen LogP contribution in [0.2, 0.25) is 0 Å². The van der Waals surface area contributed by atoms with Crippen molar-refractivity contribution in [3.8, 4) is 17.3 Å². The predicted octanol–water partition coefficient (Wildman–Crippen LogP) is 1.59. The van der Waals surface area contributed by atoms with Gasteiger partial charge in [0.15, 0.2) is 11.5 Å². The summed E-state index contributed by atoms with van der Waals surface area (Å²) in [7, 11) is 0. The highest BCUT2D eigenvalue weighted by Gasteiger charge is 2.29. The van der Waals surface area contributed by atoms with E-state index in [1.165, 1.54) is 18.6 Å². The molecule has 0 aliphatic heterocycles. The van der Waals surface area contributed by atoms with Crippen LogP contribution in [0.5, 0.6) is 0 Å². The minimum atomic E-state index is -2.53. The van der Waals surface area contributed by atoms with Crippen molar-refractivity contribution in [2.75, 3.05) is 23.7 Å². The molecule has 0 radical (unpaired) electrons. The van der Waals surface area contributed by atoms with Crippen molar-refractivity contribution in [3.63, 3.8) is 0 Å². The molecule has 1 saturated carbocycles. The monoisotopic (exact) mass is 415 g/mol. The van der Waals surface area contributed by atoms with Gasteiger partial charge in [-0.1, -0.05) is 0 Å². The molecule has 3 N–H and O–H groups in total. The number of nitrogens with zero attached hydrogens (tertiary/aromatic N) is 4. The van der Waals surface area contributed by atoms with Crippen LogP contribution < -0.4 is 16.0 Å². The Balaban J connectivity index is 1.72. The van der Waals surface area contributed by atoms with Crippen LogP contribution in [0.4, 0.5) is 20.3 Å². The van der Waals surface area contributed by atoms with E-state index in [0.29, 0.717) is 23.4 Å². The molecule has 2 aromatic rings. The molecule has 30 heavy (non-hydrogen) atoms. The van der Waals surface area contributed by atoms with Crippen molar-refractivity contribution in [2.24, 2.45) is 5.92 Å². The fourth-order valence-corrected chi connectivity index (χ4v) is 2.60. The van der Waals surface area contributed by atoms with E-state index in [9.17, 15) is 23.6 Å². The molecule has 3 rings (SSSR count). The zero-order chi connectivity index (χ0) is 21.5. The smallest absolute Gasteiger partial charge is 0.250 e. The number of pyridine rings is 1. The maximum atomic E-state index is 12.3. The Bertz CT molecular complexity index is 943. The zero-order valence-electron chi connectivity index (χ0n) is 15.8. The summed E-state index contributed by atoms with van der Waals surface area (Å²) < 4.78 is 24.5. The van der Waals surface area contributed by atoms with Crippen molar-refractivity contribution >= 4 is 23.7 Å². The number of hydrogen-bond donors (Lipinski definition) is 3. The van der Waals surface area contributed by atoms with Crippen molar-refractivity contribution in [1.29, 1.82) is 5.26 Å². The lowest BCUT2D eigenvalue weighted by Crippen LogP contribution is -2.36. The maximum absolute atomic E-state index is 12.3. The summed E-state index contributed by atoms with van der Waals surface area (Å²) in [5, 5.41) is 17.2. The van der Waals surface area contributed by atoms with Gasteiger partial charge >= 0.3 is 0 Å². The number of aldehydes is 1. The minimum Gasteiger partial charge on any atom is -0.372 e. The molecule has 0 spiro atoms. The van der Waals surface area contributed by atoms with E-state index in [0.717, 1.165) is 12.8 Å². The first-order chi connectivity index (χ1) is 14.5. The number of rotatable bonds is 10. The number of hydrogen-bond acceptors (Lipinski definition) is 8. The molecule has 11 heteroatoms. The number of nitriles is 1. The summed E-state index contributed by atoms with van der Waals surface area (Å²) in [5.41, 5.74) is 1.27. The fourth-order valence-electron chi connectivity index (χ4n) is 2.60. The molecule has 0 bridgehead atoms. The van der Waals surface area contributed by atoms with Crippen molar-refractivity contribution in [1.82, 2.24) is 20.3 Å². The van der Waals surface area contributed by atoms with Gasteiger partial charge in [-0.15, -0.1) is 0 Å². The van der Waals surface area contributed by atoms with Gasteiger partial charge in [0.2, 0.25) is 5.91 Å². The summed E-state index contributed by atoms with van der Waals surface area (Å²) in [4.78, 5) is 35.5. The van der Waals surface area contributed by atoms with Crippen LogP contribution in [0.15, 0.2) is 24.7 Å². The van der Waals surface area contributed by atoms with E-state index in [1.54, 1.807) is 6.07 Å². The second-order valence-electron chi connectivity index (χ2n) is 6.72.